The van der Waals surface area contributed by atoms with Gasteiger partial charge in [0.05, 0.1) is 5.56 Å². The van der Waals surface area contributed by atoms with E-state index in [2.05, 4.69) is 5.32 Å². The lowest BCUT2D eigenvalue weighted by atomic mass is 9.97. The van der Waals surface area contributed by atoms with Crippen molar-refractivity contribution in [2.75, 3.05) is 13.1 Å². The average molecular weight is 289 g/mol. The maximum atomic E-state index is 13.1. The summed E-state index contributed by atoms with van der Waals surface area (Å²) in [6, 6.07) is 2.41. The Kier molecular flexibility index (Phi) is 4.42. The number of carbonyl (C=O) groups excluding carboxylic acids is 1. The fourth-order valence-electron chi connectivity index (χ4n) is 2.36. The topological polar surface area (TPSA) is 29.1 Å². The van der Waals surface area contributed by atoms with Gasteiger partial charge in [0.25, 0.3) is 0 Å². The Bertz CT molecular complexity index is 492. The fraction of sp³-hybridized carbons (Fsp3) is 0.500. The summed E-state index contributed by atoms with van der Waals surface area (Å²) in [4.78, 5) is 11.9. The first-order chi connectivity index (χ1) is 9.38. The van der Waals surface area contributed by atoms with Crippen LogP contribution in [-0.4, -0.2) is 18.9 Å². The third kappa shape index (κ3) is 3.56. The van der Waals surface area contributed by atoms with Crippen molar-refractivity contribution in [1.29, 1.82) is 0 Å². The van der Waals surface area contributed by atoms with Crippen LogP contribution in [0, 0.1) is 11.7 Å². The van der Waals surface area contributed by atoms with Crippen LogP contribution in [0.4, 0.5) is 17.6 Å². The van der Waals surface area contributed by atoms with Crippen LogP contribution in [0.3, 0.4) is 0 Å². The van der Waals surface area contributed by atoms with E-state index in [1.54, 1.807) is 0 Å². The van der Waals surface area contributed by atoms with E-state index >= 15 is 0 Å². The van der Waals surface area contributed by atoms with Gasteiger partial charge in [0.2, 0.25) is 0 Å². The van der Waals surface area contributed by atoms with Gasteiger partial charge < -0.3 is 5.32 Å². The largest absolute Gasteiger partial charge is 0.419 e. The number of halogens is 4. The smallest absolute Gasteiger partial charge is 0.316 e. The molecule has 1 atom stereocenters. The minimum Gasteiger partial charge on any atom is -0.316 e. The summed E-state index contributed by atoms with van der Waals surface area (Å²) in [5.41, 5.74) is -1.46. The third-order valence-corrected chi connectivity index (χ3v) is 3.54. The van der Waals surface area contributed by atoms with E-state index in [1.165, 1.54) is 0 Å². The second-order valence-electron chi connectivity index (χ2n) is 5.01. The van der Waals surface area contributed by atoms with E-state index < -0.39 is 17.6 Å². The summed E-state index contributed by atoms with van der Waals surface area (Å²) in [6.45, 7) is 1.75. The molecule has 1 aliphatic rings. The van der Waals surface area contributed by atoms with E-state index in [4.69, 9.17) is 0 Å². The number of Topliss-reactive ketones (excluding diaryl/α,β-unsaturated/α-hetero) is 1. The molecule has 1 aromatic rings. The molecular weight excluding hydrogens is 274 g/mol. The highest BCUT2D eigenvalue weighted by Gasteiger charge is 2.34. The highest BCUT2D eigenvalue weighted by molar-refractivity contribution is 5.96. The van der Waals surface area contributed by atoms with Crippen LogP contribution >= 0.6 is 0 Å². The summed E-state index contributed by atoms with van der Waals surface area (Å²) in [5, 5.41) is 3.16. The quantitative estimate of drug-likeness (QED) is 0.680. The highest BCUT2D eigenvalue weighted by Crippen LogP contribution is 2.32. The van der Waals surface area contributed by atoms with Crippen molar-refractivity contribution in [1.82, 2.24) is 5.32 Å². The first kappa shape index (κ1) is 15.0. The maximum Gasteiger partial charge on any atom is 0.419 e. The lowest BCUT2D eigenvalue weighted by Gasteiger charge is -2.10. The number of rotatable bonds is 4. The van der Waals surface area contributed by atoms with E-state index in [1.807, 2.05) is 0 Å². The van der Waals surface area contributed by atoms with Crippen LogP contribution in [0.15, 0.2) is 18.2 Å². The molecule has 2 nitrogen and oxygen atoms in total. The third-order valence-electron chi connectivity index (χ3n) is 3.54. The van der Waals surface area contributed by atoms with Crippen molar-refractivity contribution in [2.24, 2.45) is 5.92 Å². The molecule has 110 valence electrons. The molecule has 1 fully saturated rings. The Morgan fingerprint density at radius 3 is 2.70 bits per heavy atom. The van der Waals surface area contributed by atoms with E-state index in [0.29, 0.717) is 24.5 Å². The summed E-state index contributed by atoms with van der Waals surface area (Å²) >= 11 is 0. The second-order valence-corrected chi connectivity index (χ2v) is 5.01. The standard InChI is InChI=1S/C14H15F4NO/c15-12-3-2-10(7-11(12)14(16,17)18)13(20)4-1-9-5-6-19-8-9/h2-3,7,9,19H,1,4-6,8H2. The number of hydrogen-bond acceptors (Lipinski definition) is 2. The van der Waals surface area contributed by atoms with Gasteiger partial charge in [0.1, 0.15) is 5.82 Å². The summed E-state index contributed by atoms with van der Waals surface area (Å²) < 4.78 is 50.8. The zero-order valence-corrected chi connectivity index (χ0v) is 10.8. The SMILES string of the molecule is O=C(CCC1CCNC1)c1ccc(F)c(C(F)(F)F)c1. The Hall–Kier alpha value is -1.43. The zero-order valence-electron chi connectivity index (χ0n) is 10.8. The van der Waals surface area contributed by atoms with E-state index in [-0.39, 0.29) is 17.8 Å². The van der Waals surface area contributed by atoms with Crippen molar-refractivity contribution in [3.8, 4) is 0 Å². The van der Waals surface area contributed by atoms with Gasteiger partial charge in [0, 0.05) is 12.0 Å². The monoisotopic (exact) mass is 289 g/mol. The van der Waals surface area contributed by atoms with Crippen LogP contribution in [-0.2, 0) is 6.18 Å². The molecule has 20 heavy (non-hydrogen) atoms. The molecule has 1 saturated heterocycles. The average Bonchev–Trinajstić information content (AvgIpc) is 2.88. The molecule has 1 aromatic carbocycles. The molecular formula is C14H15F4NO. The van der Waals surface area contributed by atoms with Crippen molar-refractivity contribution in [2.45, 2.75) is 25.4 Å². The minimum atomic E-state index is -4.78. The molecule has 0 saturated carbocycles. The molecule has 0 bridgehead atoms. The summed E-state index contributed by atoms with van der Waals surface area (Å²) in [6.07, 6.45) is -2.97. The molecule has 1 unspecified atom stereocenters. The lowest BCUT2D eigenvalue weighted by molar-refractivity contribution is -0.140. The van der Waals surface area contributed by atoms with E-state index in [9.17, 15) is 22.4 Å². The maximum absolute atomic E-state index is 13.1. The minimum absolute atomic E-state index is 0.0790. The number of alkyl halides is 3. The zero-order chi connectivity index (χ0) is 14.8. The number of nitrogens with one attached hydrogen (secondary N) is 1. The number of hydrogen-bond donors (Lipinski definition) is 1. The van der Waals surface area contributed by atoms with Gasteiger partial charge in [-0.15, -0.1) is 0 Å². The fourth-order valence-corrected chi connectivity index (χ4v) is 2.36. The summed E-state index contributed by atoms with van der Waals surface area (Å²) in [7, 11) is 0. The van der Waals surface area contributed by atoms with Gasteiger partial charge in [-0.2, -0.15) is 13.2 Å². The van der Waals surface area contributed by atoms with Gasteiger partial charge in [-0.25, -0.2) is 4.39 Å². The van der Waals surface area contributed by atoms with Crippen molar-refractivity contribution >= 4 is 5.78 Å². The molecule has 6 heteroatoms. The Balaban J connectivity index is 2.06. The summed E-state index contributed by atoms with van der Waals surface area (Å²) in [5.74, 6) is -1.34. The first-order valence-corrected chi connectivity index (χ1v) is 6.48. The van der Waals surface area contributed by atoms with Gasteiger partial charge in [0.15, 0.2) is 5.78 Å². The van der Waals surface area contributed by atoms with Crippen molar-refractivity contribution < 1.29 is 22.4 Å². The van der Waals surface area contributed by atoms with Gasteiger partial charge in [-0.1, -0.05) is 0 Å². The van der Waals surface area contributed by atoms with E-state index in [0.717, 1.165) is 25.6 Å². The van der Waals surface area contributed by atoms with Crippen LogP contribution in [0.2, 0.25) is 0 Å². The van der Waals surface area contributed by atoms with Gasteiger partial charge in [-0.3, -0.25) is 4.79 Å². The Labute approximate surface area is 114 Å². The Morgan fingerprint density at radius 1 is 1.35 bits per heavy atom. The lowest BCUT2D eigenvalue weighted by Crippen LogP contribution is -2.12. The van der Waals surface area contributed by atoms with Crippen LogP contribution in [0.5, 0.6) is 0 Å². The molecule has 0 aliphatic carbocycles. The van der Waals surface area contributed by atoms with Crippen LogP contribution in [0.1, 0.15) is 35.2 Å². The van der Waals surface area contributed by atoms with Crippen LogP contribution < -0.4 is 5.32 Å². The molecule has 0 spiro atoms. The molecule has 1 aliphatic heterocycles. The van der Waals surface area contributed by atoms with Gasteiger partial charge >= 0.3 is 6.18 Å². The number of carbonyl (C=O) groups is 1. The van der Waals surface area contributed by atoms with Gasteiger partial charge in [-0.05, 0) is 50.0 Å². The highest BCUT2D eigenvalue weighted by atomic mass is 19.4. The second kappa shape index (κ2) is 5.91. The molecule has 2 rings (SSSR count). The predicted octanol–water partition coefficient (Wildman–Crippen LogP) is 3.42. The molecule has 0 amide bonds. The van der Waals surface area contributed by atoms with Crippen LogP contribution in [0.25, 0.3) is 0 Å². The first-order valence-electron chi connectivity index (χ1n) is 6.48. The molecule has 0 aromatic heterocycles. The molecule has 0 radical (unpaired) electrons. The molecule has 1 N–H and O–H groups in total. The molecule has 1 heterocycles. The van der Waals surface area contributed by atoms with Crippen molar-refractivity contribution in [3.05, 3.63) is 35.1 Å². The number of benzene rings is 1. The predicted molar refractivity (Wildman–Crippen MR) is 65.9 cm³/mol. The normalized spacial score (nSPS) is 19.3. The van der Waals surface area contributed by atoms with Crippen molar-refractivity contribution in [3.63, 3.8) is 0 Å². The number of ketones is 1. The Morgan fingerprint density at radius 2 is 2.10 bits per heavy atom.